The van der Waals surface area contributed by atoms with Crippen molar-refractivity contribution in [3.63, 3.8) is 0 Å². The molecular weight excluding hydrogens is 160 g/mol. The molecule has 0 radical (unpaired) electrons. The summed E-state index contributed by atoms with van der Waals surface area (Å²) in [6.07, 6.45) is 10.7. The van der Waals surface area contributed by atoms with Gasteiger partial charge in [0.15, 0.2) is 0 Å². The molecule has 2 aliphatic carbocycles. The van der Waals surface area contributed by atoms with E-state index in [4.69, 9.17) is 0 Å². The van der Waals surface area contributed by atoms with Crippen molar-refractivity contribution in [2.75, 3.05) is 0 Å². The zero-order valence-electron chi connectivity index (χ0n) is 8.64. The van der Waals surface area contributed by atoms with Crippen LogP contribution in [0.2, 0.25) is 0 Å². The molecule has 0 N–H and O–H groups in total. The zero-order valence-corrected chi connectivity index (χ0v) is 8.64. The molecule has 2 fully saturated rings. The van der Waals surface area contributed by atoms with Gasteiger partial charge in [-0.05, 0) is 43.9 Å². The average molecular weight is 180 g/mol. The fourth-order valence-electron chi connectivity index (χ4n) is 3.09. The van der Waals surface area contributed by atoms with Crippen LogP contribution >= 0.6 is 0 Å². The predicted octanol–water partition coefficient (Wildman–Crippen LogP) is 3.33. The maximum absolute atomic E-state index is 10.8. The van der Waals surface area contributed by atoms with Gasteiger partial charge >= 0.3 is 0 Å². The summed E-state index contributed by atoms with van der Waals surface area (Å²) in [5, 5.41) is 0. The lowest BCUT2D eigenvalue weighted by Gasteiger charge is -2.22. The van der Waals surface area contributed by atoms with Crippen molar-refractivity contribution in [3.05, 3.63) is 0 Å². The van der Waals surface area contributed by atoms with Crippen LogP contribution in [0.25, 0.3) is 0 Å². The Morgan fingerprint density at radius 3 is 2.62 bits per heavy atom. The topological polar surface area (TPSA) is 17.1 Å². The molecule has 74 valence electrons. The molecule has 0 aromatic heterocycles. The smallest absolute Gasteiger partial charge is 0.129 e. The van der Waals surface area contributed by atoms with E-state index >= 15 is 0 Å². The molecule has 1 heteroatoms. The van der Waals surface area contributed by atoms with Gasteiger partial charge in [0.05, 0.1) is 0 Å². The lowest BCUT2D eigenvalue weighted by atomic mass is 9.83. The second kappa shape index (κ2) is 3.43. The second-order valence-corrected chi connectivity index (χ2v) is 5.06. The van der Waals surface area contributed by atoms with Gasteiger partial charge in [-0.1, -0.05) is 19.3 Å². The van der Waals surface area contributed by atoms with Crippen molar-refractivity contribution in [2.45, 2.75) is 58.3 Å². The monoisotopic (exact) mass is 180 g/mol. The molecule has 0 amide bonds. The molecule has 1 atom stereocenters. The summed E-state index contributed by atoms with van der Waals surface area (Å²) in [4.78, 5) is 10.8. The van der Waals surface area contributed by atoms with Crippen LogP contribution in [0.15, 0.2) is 0 Å². The number of hydrogen-bond acceptors (Lipinski definition) is 1. The summed E-state index contributed by atoms with van der Waals surface area (Å²) in [6, 6.07) is 0. The van der Waals surface area contributed by atoms with Gasteiger partial charge in [-0.15, -0.1) is 0 Å². The van der Waals surface area contributed by atoms with E-state index in [1.807, 2.05) is 0 Å². The SMILES string of the molecule is CC(=O)CCC1CC12CCCCC2. The second-order valence-electron chi connectivity index (χ2n) is 5.06. The van der Waals surface area contributed by atoms with Gasteiger partial charge in [0.25, 0.3) is 0 Å². The summed E-state index contributed by atoms with van der Waals surface area (Å²) in [5.74, 6) is 1.29. The van der Waals surface area contributed by atoms with E-state index in [9.17, 15) is 4.79 Å². The van der Waals surface area contributed by atoms with E-state index in [-0.39, 0.29) is 0 Å². The summed E-state index contributed by atoms with van der Waals surface area (Å²) in [5.41, 5.74) is 0.730. The molecule has 1 nitrogen and oxygen atoms in total. The third-order valence-corrected chi connectivity index (χ3v) is 4.05. The van der Waals surface area contributed by atoms with Gasteiger partial charge in [0.1, 0.15) is 5.78 Å². The molecule has 13 heavy (non-hydrogen) atoms. The van der Waals surface area contributed by atoms with Crippen molar-refractivity contribution in [1.82, 2.24) is 0 Å². The highest BCUT2D eigenvalue weighted by Crippen LogP contribution is 2.63. The molecule has 2 aliphatic rings. The van der Waals surface area contributed by atoms with Gasteiger partial charge in [0.2, 0.25) is 0 Å². The maximum Gasteiger partial charge on any atom is 0.129 e. The number of ketones is 1. The highest BCUT2D eigenvalue weighted by molar-refractivity contribution is 5.75. The molecular formula is C12H20O. The number of rotatable bonds is 3. The van der Waals surface area contributed by atoms with Crippen molar-refractivity contribution >= 4 is 5.78 Å². The fraction of sp³-hybridized carbons (Fsp3) is 0.917. The molecule has 0 heterocycles. The Morgan fingerprint density at radius 2 is 2.00 bits per heavy atom. The largest absolute Gasteiger partial charge is 0.300 e. The molecule has 1 spiro atoms. The predicted molar refractivity (Wildman–Crippen MR) is 53.5 cm³/mol. The van der Waals surface area contributed by atoms with Crippen molar-refractivity contribution < 1.29 is 4.79 Å². The van der Waals surface area contributed by atoms with Crippen LogP contribution in [0.3, 0.4) is 0 Å². The quantitative estimate of drug-likeness (QED) is 0.651. The van der Waals surface area contributed by atoms with Crippen LogP contribution in [0.1, 0.15) is 58.3 Å². The van der Waals surface area contributed by atoms with Crippen molar-refractivity contribution in [1.29, 1.82) is 0 Å². The Hall–Kier alpha value is -0.330. The number of carbonyl (C=O) groups excluding carboxylic acids is 1. The van der Waals surface area contributed by atoms with Crippen molar-refractivity contribution in [3.8, 4) is 0 Å². The first-order valence-electron chi connectivity index (χ1n) is 5.72. The molecule has 1 unspecified atom stereocenters. The normalized spacial score (nSPS) is 30.4. The van der Waals surface area contributed by atoms with E-state index in [0.29, 0.717) is 5.78 Å². The third-order valence-electron chi connectivity index (χ3n) is 4.05. The lowest BCUT2D eigenvalue weighted by molar-refractivity contribution is -0.117. The van der Waals surface area contributed by atoms with Crippen LogP contribution < -0.4 is 0 Å². The van der Waals surface area contributed by atoms with Crippen LogP contribution in [0.5, 0.6) is 0 Å². The van der Waals surface area contributed by atoms with Gasteiger partial charge < -0.3 is 4.79 Å². The minimum atomic E-state index is 0.373. The number of Topliss-reactive ketones (excluding diaryl/α,β-unsaturated/α-hetero) is 1. The first-order chi connectivity index (χ1) is 6.23. The number of hydrogen-bond donors (Lipinski definition) is 0. The highest BCUT2D eigenvalue weighted by Gasteiger charge is 2.52. The van der Waals surface area contributed by atoms with Crippen LogP contribution in [0, 0.1) is 11.3 Å². The van der Waals surface area contributed by atoms with E-state index in [1.165, 1.54) is 44.9 Å². The maximum atomic E-state index is 10.8. The molecule has 2 rings (SSSR count). The minimum Gasteiger partial charge on any atom is -0.300 e. The Labute approximate surface area is 80.9 Å². The highest BCUT2D eigenvalue weighted by atomic mass is 16.1. The van der Waals surface area contributed by atoms with Crippen LogP contribution in [-0.2, 0) is 4.79 Å². The minimum absolute atomic E-state index is 0.373. The standard InChI is InChI=1S/C12H20O/c1-10(13)5-6-11-9-12(11)7-3-2-4-8-12/h11H,2-9H2,1H3. The van der Waals surface area contributed by atoms with Crippen LogP contribution in [-0.4, -0.2) is 5.78 Å². The zero-order chi connectivity index (χ0) is 9.31. The molecule has 0 aromatic rings. The molecule has 0 bridgehead atoms. The summed E-state index contributed by atoms with van der Waals surface area (Å²) >= 11 is 0. The lowest BCUT2D eigenvalue weighted by Crippen LogP contribution is -2.09. The van der Waals surface area contributed by atoms with E-state index in [0.717, 1.165) is 17.8 Å². The fourth-order valence-corrected chi connectivity index (χ4v) is 3.09. The van der Waals surface area contributed by atoms with E-state index < -0.39 is 0 Å². The Morgan fingerprint density at radius 1 is 1.31 bits per heavy atom. The Kier molecular flexibility index (Phi) is 2.44. The molecule has 2 saturated carbocycles. The molecule has 0 saturated heterocycles. The Bertz CT molecular complexity index is 201. The van der Waals surface area contributed by atoms with E-state index in [1.54, 1.807) is 6.92 Å². The van der Waals surface area contributed by atoms with Crippen LogP contribution in [0.4, 0.5) is 0 Å². The first-order valence-corrected chi connectivity index (χ1v) is 5.72. The number of carbonyl (C=O) groups is 1. The van der Waals surface area contributed by atoms with Gasteiger partial charge in [-0.3, -0.25) is 0 Å². The van der Waals surface area contributed by atoms with Gasteiger partial charge in [-0.2, -0.15) is 0 Å². The molecule has 0 aliphatic heterocycles. The summed E-state index contributed by atoms with van der Waals surface area (Å²) < 4.78 is 0. The van der Waals surface area contributed by atoms with Crippen molar-refractivity contribution in [2.24, 2.45) is 11.3 Å². The summed E-state index contributed by atoms with van der Waals surface area (Å²) in [7, 11) is 0. The third kappa shape index (κ3) is 1.95. The summed E-state index contributed by atoms with van der Waals surface area (Å²) in [6.45, 7) is 1.72. The molecule has 0 aromatic carbocycles. The Balaban J connectivity index is 1.76. The van der Waals surface area contributed by atoms with Gasteiger partial charge in [-0.25, -0.2) is 0 Å². The van der Waals surface area contributed by atoms with E-state index in [2.05, 4.69) is 0 Å². The first kappa shape index (κ1) is 9.23. The van der Waals surface area contributed by atoms with Gasteiger partial charge in [0, 0.05) is 6.42 Å². The average Bonchev–Trinajstić information content (AvgIpc) is 2.77.